The Hall–Kier alpha value is -2.35. The molecule has 198 valence electrons. The molecule has 4 aliphatic carbocycles. The van der Waals surface area contributed by atoms with Gasteiger partial charge in [0.15, 0.2) is 17.2 Å². The molecular formula is C30H36FNO5. The number of hydroxylamine groups is 1. The largest absolute Gasteiger partial charge is 0.393 e. The molecule has 37 heavy (non-hydrogen) atoms. The minimum atomic E-state index is -1.33. The predicted molar refractivity (Wildman–Crippen MR) is 136 cm³/mol. The van der Waals surface area contributed by atoms with Gasteiger partial charge in [-0.05, 0) is 66.9 Å². The highest BCUT2D eigenvalue weighted by Crippen LogP contribution is 2.76. The number of carbonyl (C=O) groups excluding carboxylic acids is 2. The van der Waals surface area contributed by atoms with Gasteiger partial charge in [0.2, 0.25) is 0 Å². The third-order valence-corrected chi connectivity index (χ3v) is 11.2. The summed E-state index contributed by atoms with van der Waals surface area (Å²) in [5.41, 5.74) is -1.13. The number of rotatable bonds is 3. The van der Waals surface area contributed by atoms with Gasteiger partial charge in [-0.25, -0.2) is 4.39 Å². The lowest BCUT2D eigenvalue weighted by Gasteiger charge is -2.64. The summed E-state index contributed by atoms with van der Waals surface area (Å²) >= 11 is 0. The number of aryl methyl sites for hydroxylation is 1. The third-order valence-electron chi connectivity index (χ3n) is 11.2. The molecule has 7 heteroatoms. The first-order chi connectivity index (χ1) is 17.4. The van der Waals surface area contributed by atoms with Gasteiger partial charge in [0.1, 0.15) is 12.8 Å². The summed E-state index contributed by atoms with van der Waals surface area (Å²) in [5, 5.41) is 23.8. The molecule has 1 aliphatic heterocycles. The second-order valence-electron chi connectivity index (χ2n) is 12.6. The number of fused-ring (bicyclic) bond motifs is 7. The molecule has 9 unspecified atom stereocenters. The number of aliphatic hydroxyl groups excluding tert-OH is 2. The fraction of sp³-hybridized carbons (Fsp3) is 0.600. The molecule has 3 saturated carbocycles. The van der Waals surface area contributed by atoms with Crippen molar-refractivity contribution in [2.75, 3.05) is 18.2 Å². The Bertz CT molecular complexity index is 1240. The van der Waals surface area contributed by atoms with Crippen LogP contribution >= 0.6 is 0 Å². The van der Waals surface area contributed by atoms with Gasteiger partial charge in [-0.3, -0.25) is 19.5 Å². The molecule has 0 aromatic heterocycles. The van der Waals surface area contributed by atoms with Crippen molar-refractivity contribution in [2.45, 2.75) is 64.8 Å². The highest BCUT2D eigenvalue weighted by atomic mass is 19.1. The van der Waals surface area contributed by atoms with Crippen molar-refractivity contribution in [1.29, 1.82) is 0 Å². The van der Waals surface area contributed by atoms with E-state index in [1.807, 2.05) is 45.0 Å². The van der Waals surface area contributed by atoms with Crippen LogP contribution in [0.3, 0.4) is 0 Å². The van der Waals surface area contributed by atoms with E-state index >= 15 is 4.39 Å². The Morgan fingerprint density at radius 3 is 2.65 bits per heavy atom. The van der Waals surface area contributed by atoms with E-state index in [-0.39, 0.29) is 42.2 Å². The lowest BCUT2D eigenvalue weighted by atomic mass is 9.41. The maximum absolute atomic E-state index is 15.8. The molecule has 6 nitrogen and oxygen atoms in total. The first-order valence-electron chi connectivity index (χ1n) is 13.4. The zero-order chi connectivity index (χ0) is 26.5. The number of hydrogen-bond donors (Lipinski definition) is 2. The quantitative estimate of drug-likeness (QED) is 0.643. The van der Waals surface area contributed by atoms with Crippen LogP contribution in [0.15, 0.2) is 48.1 Å². The molecule has 4 fully saturated rings. The maximum Gasteiger partial charge on any atom is 0.193 e. The van der Waals surface area contributed by atoms with Crippen molar-refractivity contribution in [3.05, 3.63) is 53.6 Å². The fourth-order valence-corrected chi connectivity index (χ4v) is 9.40. The minimum Gasteiger partial charge on any atom is -0.393 e. The highest BCUT2D eigenvalue weighted by Gasteiger charge is 2.79. The van der Waals surface area contributed by atoms with Crippen LogP contribution in [0.5, 0.6) is 0 Å². The summed E-state index contributed by atoms with van der Waals surface area (Å²) in [6.07, 6.45) is 3.64. The first kappa shape index (κ1) is 25.0. The van der Waals surface area contributed by atoms with E-state index in [0.717, 1.165) is 11.3 Å². The number of ketones is 2. The number of nitrogens with zero attached hydrogens (tertiary/aromatic N) is 1. The number of para-hydroxylation sites is 1. The Morgan fingerprint density at radius 2 is 1.95 bits per heavy atom. The number of carbonyl (C=O) groups is 2. The van der Waals surface area contributed by atoms with Crippen LogP contribution < -0.4 is 5.06 Å². The van der Waals surface area contributed by atoms with Gasteiger partial charge >= 0.3 is 0 Å². The van der Waals surface area contributed by atoms with Gasteiger partial charge in [-0.2, -0.15) is 0 Å². The molecule has 0 bridgehead atoms. The number of alkyl halides is 1. The molecular weight excluding hydrogens is 473 g/mol. The average molecular weight is 510 g/mol. The lowest BCUT2D eigenvalue weighted by molar-refractivity contribution is -0.216. The van der Waals surface area contributed by atoms with Crippen LogP contribution in [0.25, 0.3) is 0 Å². The molecule has 1 heterocycles. The number of anilines is 1. The molecule has 0 amide bonds. The molecule has 1 aromatic rings. The number of benzene rings is 1. The number of Topliss-reactive ketones (excluding diaryl/α,β-unsaturated/α-hetero) is 1. The van der Waals surface area contributed by atoms with E-state index in [1.165, 1.54) is 12.2 Å². The third kappa shape index (κ3) is 2.91. The Balaban J connectivity index is 1.47. The van der Waals surface area contributed by atoms with Crippen LogP contribution in [0.4, 0.5) is 10.1 Å². The smallest absolute Gasteiger partial charge is 0.193 e. The van der Waals surface area contributed by atoms with Gasteiger partial charge in [0, 0.05) is 22.7 Å². The summed E-state index contributed by atoms with van der Waals surface area (Å²) < 4.78 is 15.8. The predicted octanol–water partition coefficient (Wildman–Crippen LogP) is 3.89. The Morgan fingerprint density at radius 1 is 1.22 bits per heavy atom. The standard InChI is InChI=1S/C30H36FNO5/c1-17-7-5-6-8-23(17)32-15-18-13-28(3)21-12-22(31)20-11-19(34)9-10-27(20,2)26(21)24(35)14-29(28,4)30(18,37-32)25(36)16-33/h5-11,18,21-22,24,26,33,35H,12-16H2,1-4H3. The van der Waals surface area contributed by atoms with Gasteiger partial charge in [-0.1, -0.05) is 45.0 Å². The first-order valence-corrected chi connectivity index (χ1v) is 13.4. The molecule has 6 rings (SSSR count). The van der Waals surface area contributed by atoms with Crippen molar-refractivity contribution in [1.82, 2.24) is 0 Å². The molecule has 5 aliphatic rings. The van der Waals surface area contributed by atoms with Gasteiger partial charge < -0.3 is 10.2 Å². The highest BCUT2D eigenvalue weighted by molar-refractivity contribution is 6.01. The topological polar surface area (TPSA) is 87.1 Å². The molecule has 9 atom stereocenters. The van der Waals surface area contributed by atoms with Crippen molar-refractivity contribution in [3.8, 4) is 0 Å². The lowest BCUT2D eigenvalue weighted by Crippen LogP contribution is -2.67. The number of allylic oxidation sites excluding steroid dienone is 4. The number of halogens is 1. The normalized spacial score (nSPS) is 46.1. The molecule has 1 aromatic carbocycles. The number of aliphatic hydroxyl groups is 2. The average Bonchev–Trinajstić information content (AvgIpc) is 3.31. The van der Waals surface area contributed by atoms with Crippen LogP contribution in [0, 0.1) is 40.9 Å². The minimum absolute atomic E-state index is 0.188. The molecule has 1 saturated heterocycles. The molecule has 0 radical (unpaired) electrons. The monoisotopic (exact) mass is 509 g/mol. The SMILES string of the molecule is Cc1ccccc1N1CC2CC3(C)C4CC(F)C5=CC(=O)C=CC5(C)C4C(O)CC3(C)C2(C(=O)CO)O1. The maximum atomic E-state index is 15.8. The summed E-state index contributed by atoms with van der Waals surface area (Å²) in [6, 6.07) is 7.83. The zero-order valence-corrected chi connectivity index (χ0v) is 21.9. The second kappa shape index (κ2) is 7.84. The van der Waals surface area contributed by atoms with E-state index in [0.29, 0.717) is 18.5 Å². The summed E-state index contributed by atoms with van der Waals surface area (Å²) in [7, 11) is 0. The van der Waals surface area contributed by atoms with Crippen LogP contribution in [-0.4, -0.2) is 52.8 Å². The summed E-state index contributed by atoms with van der Waals surface area (Å²) in [6.45, 7) is 7.88. The van der Waals surface area contributed by atoms with Gasteiger partial charge in [0.25, 0.3) is 0 Å². The van der Waals surface area contributed by atoms with E-state index in [4.69, 9.17) is 4.84 Å². The van der Waals surface area contributed by atoms with E-state index < -0.39 is 40.7 Å². The summed E-state index contributed by atoms with van der Waals surface area (Å²) in [4.78, 5) is 32.5. The van der Waals surface area contributed by atoms with Crippen LogP contribution in [-0.2, 0) is 14.4 Å². The van der Waals surface area contributed by atoms with Gasteiger partial charge in [-0.15, -0.1) is 0 Å². The second-order valence-corrected chi connectivity index (χ2v) is 12.6. The van der Waals surface area contributed by atoms with Crippen LogP contribution in [0.2, 0.25) is 0 Å². The Kier molecular flexibility index (Phi) is 5.29. The van der Waals surface area contributed by atoms with Crippen molar-refractivity contribution >= 4 is 17.3 Å². The Labute approximate surface area is 217 Å². The van der Waals surface area contributed by atoms with Crippen molar-refractivity contribution < 1.29 is 29.0 Å². The van der Waals surface area contributed by atoms with Crippen molar-refractivity contribution in [3.63, 3.8) is 0 Å². The van der Waals surface area contributed by atoms with Crippen molar-refractivity contribution in [2.24, 2.45) is 34.0 Å². The van der Waals surface area contributed by atoms with E-state index in [1.54, 1.807) is 11.1 Å². The van der Waals surface area contributed by atoms with E-state index in [9.17, 15) is 19.8 Å². The molecule has 0 spiro atoms. The number of hydrogen-bond acceptors (Lipinski definition) is 6. The van der Waals surface area contributed by atoms with Crippen LogP contribution in [0.1, 0.15) is 45.6 Å². The zero-order valence-electron chi connectivity index (χ0n) is 21.9. The summed E-state index contributed by atoms with van der Waals surface area (Å²) in [5.74, 6) is -1.35. The fourth-order valence-electron chi connectivity index (χ4n) is 9.40. The van der Waals surface area contributed by atoms with Gasteiger partial charge in [0.05, 0.1) is 18.3 Å². The molecule has 2 N–H and O–H groups in total. The van der Waals surface area contributed by atoms with E-state index in [2.05, 4.69) is 6.92 Å².